The predicted octanol–water partition coefficient (Wildman–Crippen LogP) is 2.53. The van der Waals surface area contributed by atoms with Gasteiger partial charge in [-0.15, -0.1) is 0 Å². The Balaban J connectivity index is 2.00. The molecule has 0 unspecified atom stereocenters. The quantitative estimate of drug-likeness (QED) is 0.711. The van der Waals surface area contributed by atoms with Gasteiger partial charge in [0.2, 0.25) is 10.0 Å². The van der Waals surface area contributed by atoms with Gasteiger partial charge >= 0.3 is 0 Å². The molecule has 0 fully saturated rings. The van der Waals surface area contributed by atoms with Crippen molar-refractivity contribution < 1.29 is 22.3 Å². The zero-order chi connectivity index (χ0) is 19.3. The van der Waals surface area contributed by atoms with Crippen molar-refractivity contribution in [3.8, 4) is 5.75 Å². The lowest BCUT2D eigenvalue weighted by atomic mass is 10.2. The van der Waals surface area contributed by atoms with Crippen LogP contribution in [0.4, 0.5) is 4.39 Å². The number of amides is 1. The Labute approximate surface area is 160 Å². The summed E-state index contributed by atoms with van der Waals surface area (Å²) in [6.45, 7) is -0.380. The van der Waals surface area contributed by atoms with Gasteiger partial charge in [-0.1, -0.05) is 34.1 Å². The van der Waals surface area contributed by atoms with E-state index in [-0.39, 0.29) is 23.8 Å². The molecule has 0 aliphatic carbocycles. The maximum absolute atomic E-state index is 13.7. The molecule has 0 bridgehead atoms. The average Bonchev–Trinajstić information content (AvgIpc) is 2.59. The first-order chi connectivity index (χ1) is 12.2. The molecule has 0 saturated carbocycles. The van der Waals surface area contributed by atoms with Gasteiger partial charge in [-0.05, 0) is 29.8 Å². The third-order valence-corrected chi connectivity index (χ3v) is 5.87. The van der Waals surface area contributed by atoms with Crippen LogP contribution in [0, 0.1) is 5.82 Å². The fourth-order valence-electron chi connectivity index (χ4n) is 2.08. The summed E-state index contributed by atoms with van der Waals surface area (Å²) in [5.74, 6) is -1.13. The predicted molar refractivity (Wildman–Crippen MR) is 98.8 cm³/mol. The summed E-state index contributed by atoms with van der Waals surface area (Å²) in [5, 5.41) is 2.57. The van der Waals surface area contributed by atoms with Crippen LogP contribution < -0.4 is 10.1 Å². The van der Waals surface area contributed by atoms with E-state index < -0.39 is 21.7 Å². The zero-order valence-corrected chi connectivity index (χ0v) is 16.6. The van der Waals surface area contributed by atoms with Crippen LogP contribution in [-0.4, -0.2) is 39.3 Å². The lowest BCUT2D eigenvalue weighted by Crippen LogP contribution is -2.30. The van der Waals surface area contributed by atoms with Crippen molar-refractivity contribution in [3.05, 3.63) is 58.3 Å². The SMILES string of the molecule is CN(C)S(=O)(=O)c1ccccc1CNC(=O)COc1ccc(Br)cc1F. The average molecular weight is 445 g/mol. The van der Waals surface area contributed by atoms with E-state index in [1.807, 2.05) is 0 Å². The highest BCUT2D eigenvalue weighted by atomic mass is 79.9. The van der Waals surface area contributed by atoms with Crippen LogP contribution in [0.2, 0.25) is 0 Å². The van der Waals surface area contributed by atoms with Crippen molar-refractivity contribution in [3.63, 3.8) is 0 Å². The molecule has 0 saturated heterocycles. The standard InChI is InChI=1S/C17H18BrFN2O4S/c1-21(2)26(23,24)16-6-4-3-5-12(16)10-20-17(22)11-25-15-8-7-13(18)9-14(15)19/h3-9H,10-11H2,1-2H3,(H,20,22). The molecule has 140 valence electrons. The second-order valence-corrected chi connectivity index (χ2v) is 8.57. The molecule has 0 heterocycles. The summed E-state index contributed by atoms with van der Waals surface area (Å²) in [5.41, 5.74) is 0.448. The summed E-state index contributed by atoms with van der Waals surface area (Å²) in [4.78, 5) is 12.1. The molecule has 9 heteroatoms. The van der Waals surface area contributed by atoms with Crippen LogP contribution in [0.15, 0.2) is 51.8 Å². The number of nitrogens with one attached hydrogen (secondary N) is 1. The summed E-state index contributed by atoms with van der Waals surface area (Å²) >= 11 is 3.13. The molecular weight excluding hydrogens is 427 g/mol. The molecule has 1 amide bonds. The van der Waals surface area contributed by atoms with E-state index in [4.69, 9.17) is 4.74 Å². The van der Waals surface area contributed by atoms with Crippen LogP contribution in [0.3, 0.4) is 0 Å². The van der Waals surface area contributed by atoms with Gasteiger partial charge in [0.1, 0.15) is 0 Å². The molecule has 0 aliphatic heterocycles. The lowest BCUT2D eigenvalue weighted by Gasteiger charge is -2.15. The van der Waals surface area contributed by atoms with Crippen molar-refractivity contribution in [1.82, 2.24) is 9.62 Å². The first-order valence-corrected chi connectivity index (χ1v) is 9.80. The smallest absolute Gasteiger partial charge is 0.258 e. The molecule has 0 atom stereocenters. The second kappa shape index (κ2) is 8.61. The molecule has 0 aliphatic rings. The van der Waals surface area contributed by atoms with E-state index in [1.54, 1.807) is 24.3 Å². The Morgan fingerprint density at radius 1 is 1.23 bits per heavy atom. The highest BCUT2D eigenvalue weighted by Gasteiger charge is 2.20. The molecular formula is C17H18BrFN2O4S. The van der Waals surface area contributed by atoms with Crippen LogP contribution in [0.25, 0.3) is 0 Å². The van der Waals surface area contributed by atoms with Crippen molar-refractivity contribution in [1.29, 1.82) is 0 Å². The number of hydrogen-bond acceptors (Lipinski definition) is 4. The molecule has 0 radical (unpaired) electrons. The highest BCUT2D eigenvalue weighted by molar-refractivity contribution is 9.10. The third-order valence-electron chi connectivity index (χ3n) is 3.46. The number of hydrogen-bond donors (Lipinski definition) is 1. The van der Waals surface area contributed by atoms with E-state index in [9.17, 15) is 17.6 Å². The molecule has 26 heavy (non-hydrogen) atoms. The summed E-state index contributed by atoms with van der Waals surface area (Å²) in [6.07, 6.45) is 0. The van der Waals surface area contributed by atoms with Gasteiger partial charge in [-0.2, -0.15) is 0 Å². The second-order valence-electron chi connectivity index (χ2n) is 5.54. The molecule has 1 N–H and O–H groups in total. The number of halogens is 2. The fourth-order valence-corrected chi connectivity index (χ4v) is 3.53. The van der Waals surface area contributed by atoms with E-state index in [1.165, 1.54) is 32.3 Å². The van der Waals surface area contributed by atoms with Gasteiger partial charge in [0.15, 0.2) is 18.2 Å². The maximum atomic E-state index is 13.7. The minimum atomic E-state index is -3.62. The molecule has 2 rings (SSSR count). The van der Waals surface area contributed by atoms with Crippen molar-refractivity contribution in [2.24, 2.45) is 0 Å². The summed E-state index contributed by atoms with van der Waals surface area (Å²) in [6, 6.07) is 10.6. The molecule has 2 aromatic rings. The molecule has 0 aromatic heterocycles. The summed E-state index contributed by atoms with van der Waals surface area (Å²) < 4.78 is 45.1. The monoisotopic (exact) mass is 444 g/mol. The van der Waals surface area contributed by atoms with Gasteiger partial charge in [0, 0.05) is 25.1 Å². The Morgan fingerprint density at radius 2 is 1.92 bits per heavy atom. The topological polar surface area (TPSA) is 75.7 Å². The van der Waals surface area contributed by atoms with Crippen LogP contribution in [0.5, 0.6) is 5.75 Å². The Morgan fingerprint density at radius 3 is 2.58 bits per heavy atom. The van der Waals surface area contributed by atoms with Gasteiger partial charge in [0.25, 0.3) is 5.91 Å². The number of sulfonamides is 1. The van der Waals surface area contributed by atoms with Crippen LogP contribution in [0.1, 0.15) is 5.56 Å². The van der Waals surface area contributed by atoms with Crippen LogP contribution in [-0.2, 0) is 21.4 Å². The first-order valence-electron chi connectivity index (χ1n) is 7.57. The minimum absolute atomic E-state index is 0.00819. The van der Waals surface area contributed by atoms with Crippen molar-refractivity contribution in [2.75, 3.05) is 20.7 Å². The molecule has 2 aromatic carbocycles. The number of carbonyl (C=O) groups is 1. The minimum Gasteiger partial charge on any atom is -0.481 e. The zero-order valence-electron chi connectivity index (χ0n) is 14.2. The Kier molecular flexibility index (Phi) is 6.74. The van der Waals surface area contributed by atoms with Gasteiger partial charge in [0.05, 0.1) is 4.90 Å². The van der Waals surface area contributed by atoms with E-state index >= 15 is 0 Å². The third kappa shape index (κ3) is 5.03. The highest BCUT2D eigenvalue weighted by Crippen LogP contribution is 2.21. The Bertz CT molecular complexity index is 903. The van der Waals surface area contributed by atoms with Gasteiger partial charge in [-0.25, -0.2) is 17.1 Å². The normalized spacial score (nSPS) is 11.4. The number of nitrogens with zero attached hydrogens (tertiary/aromatic N) is 1. The van der Waals surface area contributed by atoms with E-state index in [2.05, 4.69) is 21.2 Å². The van der Waals surface area contributed by atoms with E-state index in [0.717, 1.165) is 4.31 Å². The molecule has 0 spiro atoms. The maximum Gasteiger partial charge on any atom is 0.258 e. The van der Waals surface area contributed by atoms with E-state index in [0.29, 0.717) is 10.0 Å². The summed E-state index contributed by atoms with van der Waals surface area (Å²) in [7, 11) is -0.752. The Hall–Kier alpha value is -1.97. The van der Waals surface area contributed by atoms with Crippen LogP contribution >= 0.6 is 15.9 Å². The molecule has 6 nitrogen and oxygen atoms in total. The largest absolute Gasteiger partial charge is 0.481 e. The first kappa shape index (κ1) is 20.3. The van der Waals surface area contributed by atoms with Crippen molar-refractivity contribution >= 4 is 31.9 Å². The fraction of sp³-hybridized carbons (Fsp3) is 0.235. The number of benzene rings is 2. The number of ether oxygens (including phenoxy) is 1. The number of rotatable bonds is 7. The van der Waals surface area contributed by atoms with Crippen molar-refractivity contribution in [2.45, 2.75) is 11.4 Å². The van der Waals surface area contributed by atoms with Gasteiger partial charge in [-0.3, -0.25) is 4.79 Å². The number of carbonyl (C=O) groups excluding carboxylic acids is 1. The van der Waals surface area contributed by atoms with Gasteiger partial charge < -0.3 is 10.1 Å². The lowest BCUT2D eigenvalue weighted by molar-refractivity contribution is -0.123.